The summed E-state index contributed by atoms with van der Waals surface area (Å²) in [6.45, 7) is 0.256. The van der Waals surface area contributed by atoms with Crippen LogP contribution < -0.4 is 5.32 Å². The number of pyridine rings is 1. The van der Waals surface area contributed by atoms with Crippen molar-refractivity contribution < 1.29 is 14.4 Å². The number of hydrogen-bond acceptors (Lipinski definition) is 6. The highest BCUT2D eigenvalue weighted by atomic mass is 35.5. The van der Waals surface area contributed by atoms with Crippen molar-refractivity contribution in [3.05, 3.63) is 106 Å². The maximum absolute atomic E-state index is 13.4. The number of aromatic nitrogens is 1. The lowest BCUT2D eigenvalue weighted by molar-refractivity contribution is -0.119. The average Bonchev–Trinajstić information content (AvgIpc) is 3.39. The van der Waals surface area contributed by atoms with E-state index in [2.05, 4.69) is 15.5 Å². The van der Waals surface area contributed by atoms with Crippen LogP contribution in [-0.2, 0) is 16.2 Å². The molecule has 194 valence electrons. The van der Waals surface area contributed by atoms with Gasteiger partial charge in [-0.3, -0.25) is 14.6 Å². The number of rotatable bonds is 6. The van der Waals surface area contributed by atoms with Crippen LogP contribution in [0.2, 0.25) is 10.0 Å². The lowest BCUT2D eigenvalue weighted by Gasteiger charge is -2.23. The Morgan fingerprint density at radius 2 is 1.90 bits per heavy atom. The predicted octanol–water partition coefficient (Wildman–Crippen LogP) is 5.84. The molecule has 1 fully saturated rings. The molecule has 0 aliphatic carbocycles. The van der Waals surface area contributed by atoms with Crippen LogP contribution >= 0.6 is 23.2 Å². The van der Waals surface area contributed by atoms with E-state index in [4.69, 9.17) is 33.3 Å². The smallest absolute Gasteiger partial charge is 0.254 e. The summed E-state index contributed by atoms with van der Waals surface area (Å²) >= 11 is 12.0. The summed E-state index contributed by atoms with van der Waals surface area (Å²) in [6, 6.07) is 21.8. The zero-order valence-corrected chi connectivity index (χ0v) is 22.0. The number of oxime groups is 1. The highest BCUT2D eigenvalue weighted by Gasteiger charge is 2.38. The summed E-state index contributed by atoms with van der Waals surface area (Å²) < 4.78 is 0. The van der Waals surface area contributed by atoms with Crippen molar-refractivity contribution in [1.82, 2.24) is 9.88 Å². The molecule has 5 rings (SSSR count). The zero-order valence-electron chi connectivity index (χ0n) is 20.5. The van der Waals surface area contributed by atoms with Gasteiger partial charge in [-0.25, -0.2) is 0 Å². The molecule has 8 nitrogen and oxygen atoms in total. The van der Waals surface area contributed by atoms with Gasteiger partial charge in [0, 0.05) is 29.3 Å². The number of hydrogen-bond donors (Lipinski definition) is 1. The van der Waals surface area contributed by atoms with Gasteiger partial charge in [-0.1, -0.05) is 40.5 Å². The minimum atomic E-state index is -0.815. The maximum atomic E-state index is 13.4. The summed E-state index contributed by atoms with van der Waals surface area (Å²) in [4.78, 5) is 38.1. The topological polar surface area (TPSA) is 108 Å². The Kier molecular flexibility index (Phi) is 7.73. The fourth-order valence-corrected chi connectivity index (χ4v) is 4.60. The SMILES string of the molecule is N#Cc1ccc(C(=O)N2C/C(=N/OCc3ccc(Cl)c(Cl)c3)CC2C(=O)Nc2ccc3ncccc3c2)cc1. The second-order valence-corrected chi connectivity index (χ2v) is 9.74. The molecule has 39 heavy (non-hydrogen) atoms. The number of likely N-dealkylation sites (tertiary alicyclic amines) is 1. The summed E-state index contributed by atoms with van der Waals surface area (Å²) in [6.07, 6.45) is 1.90. The van der Waals surface area contributed by atoms with Gasteiger partial charge in [0.1, 0.15) is 12.6 Å². The highest BCUT2D eigenvalue weighted by Crippen LogP contribution is 2.25. The molecule has 0 radical (unpaired) electrons. The molecule has 0 spiro atoms. The Balaban J connectivity index is 1.35. The molecule has 10 heteroatoms. The molecule has 0 saturated carbocycles. The fourth-order valence-electron chi connectivity index (χ4n) is 4.28. The first-order valence-electron chi connectivity index (χ1n) is 12.0. The average molecular weight is 558 g/mol. The van der Waals surface area contributed by atoms with Crippen molar-refractivity contribution in [3.8, 4) is 6.07 Å². The van der Waals surface area contributed by atoms with E-state index in [-0.39, 0.29) is 31.4 Å². The number of benzene rings is 3. The first kappa shape index (κ1) is 26.2. The summed E-state index contributed by atoms with van der Waals surface area (Å²) in [5, 5.41) is 17.9. The van der Waals surface area contributed by atoms with Crippen LogP contribution in [0.4, 0.5) is 5.69 Å². The molecule has 1 unspecified atom stereocenters. The Labute approximate surface area is 234 Å². The van der Waals surface area contributed by atoms with Gasteiger partial charge in [-0.05, 0) is 66.2 Å². The van der Waals surface area contributed by atoms with Crippen LogP contribution in [0.25, 0.3) is 10.9 Å². The first-order chi connectivity index (χ1) is 18.9. The van der Waals surface area contributed by atoms with E-state index >= 15 is 0 Å². The van der Waals surface area contributed by atoms with Crippen LogP contribution in [0.5, 0.6) is 0 Å². The number of amides is 2. The van der Waals surface area contributed by atoms with Gasteiger partial charge in [0.15, 0.2) is 0 Å². The number of halogens is 2. The Morgan fingerprint density at radius 1 is 1.08 bits per heavy atom. The van der Waals surface area contributed by atoms with Crippen molar-refractivity contribution >= 4 is 57.3 Å². The quantitative estimate of drug-likeness (QED) is 0.299. The minimum absolute atomic E-state index is 0.111. The zero-order chi connectivity index (χ0) is 27.4. The monoisotopic (exact) mass is 557 g/mol. The van der Waals surface area contributed by atoms with Gasteiger partial charge < -0.3 is 15.1 Å². The summed E-state index contributed by atoms with van der Waals surface area (Å²) in [5.74, 6) is -0.702. The molecule has 2 amide bonds. The lowest BCUT2D eigenvalue weighted by Crippen LogP contribution is -2.43. The number of anilines is 1. The molecule has 1 aromatic heterocycles. The number of fused-ring (bicyclic) bond motifs is 1. The largest absolute Gasteiger partial charge is 0.391 e. The highest BCUT2D eigenvalue weighted by molar-refractivity contribution is 6.42. The number of carbonyl (C=O) groups excluding carboxylic acids is 2. The molecule has 1 saturated heterocycles. The molecule has 1 atom stereocenters. The van der Waals surface area contributed by atoms with E-state index in [1.54, 1.807) is 54.7 Å². The van der Waals surface area contributed by atoms with Crippen molar-refractivity contribution in [2.75, 3.05) is 11.9 Å². The predicted molar refractivity (Wildman–Crippen MR) is 150 cm³/mol. The normalized spacial score (nSPS) is 15.8. The molecule has 1 aliphatic rings. The van der Waals surface area contributed by atoms with Crippen LogP contribution in [-0.4, -0.2) is 40.0 Å². The van der Waals surface area contributed by atoms with E-state index in [1.807, 2.05) is 30.3 Å². The molecule has 1 N–H and O–H groups in total. The van der Waals surface area contributed by atoms with Crippen LogP contribution in [0.3, 0.4) is 0 Å². The van der Waals surface area contributed by atoms with Gasteiger partial charge in [0.25, 0.3) is 5.91 Å². The van der Waals surface area contributed by atoms with E-state index in [0.717, 1.165) is 16.5 Å². The van der Waals surface area contributed by atoms with E-state index in [0.29, 0.717) is 32.6 Å². The standard InChI is InChI=1S/C29H21Cl2N5O3/c30-24-9-5-19(12-25(24)31)17-39-35-23-14-27(36(16-23)29(38)20-6-3-18(15-32)4-7-20)28(37)34-22-8-10-26-21(13-22)2-1-11-33-26/h1-13,27H,14,16-17H2,(H,34,37)/b35-23+. The van der Waals surface area contributed by atoms with Crippen molar-refractivity contribution in [1.29, 1.82) is 5.26 Å². The van der Waals surface area contributed by atoms with Crippen molar-refractivity contribution in [2.45, 2.75) is 19.1 Å². The minimum Gasteiger partial charge on any atom is -0.391 e. The van der Waals surface area contributed by atoms with Crippen LogP contribution in [0.15, 0.2) is 84.1 Å². The summed E-state index contributed by atoms with van der Waals surface area (Å²) in [5.41, 5.74) is 3.51. The fraction of sp³-hybridized carbons (Fsp3) is 0.138. The van der Waals surface area contributed by atoms with E-state index in [1.165, 1.54) is 4.90 Å². The molecule has 1 aliphatic heterocycles. The molecule has 4 aromatic rings. The Bertz CT molecular complexity index is 1630. The molecule has 2 heterocycles. The maximum Gasteiger partial charge on any atom is 0.254 e. The second-order valence-electron chi connectivity index (χ2n) is 8.92. The summed E-state index contributed by atoms with van der Waals surface area (Å²) in [7, 11) is 0. The van der Waals surface area contributed by atoms with Gasteiger partial charge in [0.05, 0.1) is 39.5 Å². The van der Waals surface area contributed by atoms with Crippen LogP contribution in [0.1, 0.15) is 27.9 Å². The van der Waals surface area contributed by atoms with Crippen molar-refractivity contribution in [2.24, 2.45) is 5.16 Å². The molecular formula is C29H21Cl2N5O3. The number of carbonyl (C=O) groups is 2. The lowest BCUT2D eigenvalue weighted by atomic mass is 10.1. The first-order valence-corrected chi connectivity index (χ1v) is 12.8. The third-order valence-corrected chi connectivity index (χ3v) is 7.00. The second kappa shape index (κ2) is 11.5. The number of nitrogens with zero attached hydrogens (tertiary/aromatic N) is 4. The number of nitriles is 1. The van der Waals surface area contributed by atoms with Gasteiger partial charge in [0.2, 0.25) is 5.91 Å². The molecule has 0 bridgehead atoms. The van der Waals surface area contributed by atoms with Crippen LogP contribution in [0, 0.1) is 11.3 Å². The Hall–Kier alpha value is -4.45. The van der Waals surface area contributed by atoms with E-state index in [9.17, 15) is 9.59 Å². The Morgan fingerprint density at radius 3 is 2.67 bits per heavy atom. The third kappa shape index (κ3) is 6.01. The van der Waals surface area contributed by atoms with Crippen molar-refractivity contribution in [3.63, 3.8) is 0 Å². The molecule has 3 aromatic carbocycles. The van der Waals surface area contributed by atoms with Gasteiger partial charge in [-0.15, -0.1) is 0 Å². The number of nitrogens with one attached hydrogen (secondary N) is 1. The van der Waals surface area contributed by atoms with Gasteiger partial charge in [-0.2, -0.15) is 5.26 Å². The van der Waals surface area contributed by atoms with E-state index < -0.39 is 6.04 Å². The van der Waals surface area contributed by atoms with Gasteiger partial charge >= 0.3 is 0 Å². The molecular weight excluding hydrogens is 537 g/mol. The third-order valence-electron chi connectivity index (χ3n) is 6.26.